The number of esters is 2. The molecule has 2 fully saturated rings. The third-order valence-corrected chi connectivity index (χ3v) is 11.3. The Hall–Kier alpha value is -4.18. The van der Waals surface area contributed by atoms with Gasteiger partial charge in [-0.15, -0.1) is 0 Å². The first kappa shape index (κ1) is 29.5. The maximum atomic E-state index is 12.3. The van der Waals surface area contributed by atoms with Crippen LogP contribution in [0.4, 0.5) is 0 Å². The van der Waals surface area contributed by atoms with Gasteiger partial charge in [-0.1, -0.05) is 75.2 Å². The van der Waals surface area contributed by atoms with Crippen molar-refractivity contribution in [3.63, 3.8) is 0 Å². The van der Waals surface area contributed by atoms with Gasteiger partial charge in [-0.2, -0.15) is 0 Å². The van der Waals surface area contributed by atoms with E-state index in [9.17, 15) is 9.59 Å². The molecular formula is C41H42O4. The summed E-state index contributed by atoms with van der Waals surface area (Å²) < 4.78 is 10.4. The Labute approximate surface area is 266 Å². The lowest BCUT2D eigenvalue weighted by molar-refractivity contribution is -0.0628. The van der Waals surface area contributed by atoms with E-state index in [-0.39, 0.29) is 28.2 Å². The van der Waals surface area contributed by atoms with Crippen LogP contribution in [-0.2, 0) is 14.9 Å². The minimum Gasteiger partial charge on any atom is -0.462 e. The summed E-state index contributed by atoms with van der Waals surface area (Å²) in [5.74, 6) is -0.566. The maximum absolute atomic E-state index is 12.3. The average Bonchev–Trinajstić information content (AvgIpc) is 3.34. The van der Waals surface area contributed by atoms with E-state index in [0.717, 1.165) is 11.1 Å². The van der Waals surface area contributed by atoms with Crippen LogP contribution in [-0.4, -0.2) is 25.2 Å². The van der Waals surface area contributed by atoms with Crippen molar-refractivity contribution >= 4 is 11.9 Å². The number of ether oxygens (including phenoxy) is 2. The van der Waals surface area contributed by atoms with E-state index in [1.807, 2.05) is 62.4 Å². The summed E-state index contributed by atoms with van der Waals surface area (Å²) in [6.07, 6.45) is 7.42. The highest BCUT2D eigenvalue weighted by atomic mass is 16.5. The van der Waals surface area contributed by atoms with Crippen LogP contribution < -0.4 is 0 Å². The van der Waals surface area contributed by atoms with Crippen molar-refractivity contribution in [1.29, 1.82) is 0 Å². The number of carbonyl (C=O) groups is 2. The second kappa shape index (κ2) is 11.0. The molecule has 4 aromatic rings. The Kier molecular flexibility index (Phi) is 7.23. The second-order valence-electron chi connectivity index (χ2n) is 13.7. The third-order valence-electron chi connectivity index (χ3n) is 11.3. The first-order valence-electron chi connectivity index (χ1n) is 16.6. The van der Waals surface area contributed by atoms with Crippen molar-refractivity contribution in [3.8, 4) is 33.4 Å². The van der Waals surface area contributed by atoms with Crippen molar-refractivity contribution in [2.45, 2.75) is 71.6 Å². The molecule has 0 unspecified atom stereocenters. The zero-order valence-corrected chi connectivity index (χ0v) is 26.9. The van der Waals surface area contributed by atoms with Gasteiger partial charge in [0.05, 0.1) is 24.3 Å². The lowest BCUT2D eigenvalue weighted by Crippen LogP contribution is -2.59. The van der Waals surface area contributed by atoms with Crippen molar-refractivity contribution < 1.29 is 19.1 Å². The highest BCUT2D eigenvalue weighted by Gasteiger charge is 2.66. The van der Waals surface area contributed by atoms with E-state index in [1.54, 1.807) is 0 Å². The van der Waals surface area contributed by atoms with Crippen LogP contribution in [0.5, 0.6) is 0 Å². The number of fused-ring (bicyclic) bond motifs is 3. The highest BCUT2D eigenvalue weighted by molar-refractivity contribution is 5.92. The third kappa shape index (κ3) is 4.40. The summed E-state index contributed by atoms with van der Waals surface area (Å²) in [7, 11) is 0. The molecule has 4 nitrogen and oxygen atoms in total. The van der Waals surface area contributed by atoms with Crippen LogP contribution in [0.2, 0.25) is 0 Å². The van der Waals surface area contributed by atoms with Crippen LogP contribution in [0.1, 0.15) is 98.1 Å². The SMILES string of the molecule is CCOC(=O)c1ccc(-c2ccc3c(c2)C2(c4cc(-c5ccc(C(=O)OCC)cc5)ccc4-3)C3(C)CCCC2(C)CCC3)cc1. The van der Waals surface area contributed by atoms with Crippen LogP contribution in [0.25, 0.3) is 33.4 Å². The summed E-state index contributed by atoms with van der Waals surface area (Å²) in [5.41, 5.74) is 11.5. The van der Waals surface area contributed by atoms with Crippen molar-refractivity contribution in [3.05, 3.63) is 107 Å². The fourth-order valence-corrected chi connectivity index (χ4v) is 9.48. The van der Waals surface area contributed by atoms with Crippen molar-refractivity contribution in [2.75, 3.05) is 13.2 Å². The molecule has 0 aromatic heterocycles. The Morgan fingerprint density at radius 2 is 0.911 bits per heavy atom. The van der Waals surface area contributed by atoms with Gasteiger partial charge in [0.1, 0.15) is 0 Å². The number of rotatable bonds is 6. The molecule has 1 spiro atoms. The van der Waals surface area contributed by atoms with E-state index in [2.05, 4.69) is 50.2 Å². The molecule has 2 saturated carbocycles. The maximum Gasteiger partial charge on any atom is 0.338 e. The predicted molar refractivity (Wildman–Crippen MR) is 179 cm³/mol. The summed E-state index contributed by atoms with van der Waals surface area (Å²) in [5, 5.41) is 0. The van der Waals surface area contributed by atoms with E-state index < -0.39 is 0 Å². The van der Waals surface area contributed by atoms with Gasteiger partial charge in [0, 0.05) is 5.41 Å². The van der Waals surface area contributed by atoms with E-state index in [0.29, 0.717) is 24.3 Å². The molecule has 45 heavy (non-hydrogen) atoms. The van der Waals surface area contributed by atoms with Gasteiger partial charge in [0.2, 0.25) is 0 Å². The van der Waals surface area contributed by atoms with Gasteiger partial charge in [0.15, 0.2) is 0 Å². The molecule has 0 amide bonds. The zero-order chi connectivity index (χ0) is 31.4. The van der Waals surface area contributed by atoms with Crippen molar-refractivity contribution in [1.82, 2.24) is 0 Å². The van der Waals surface area contributed by atoms with Crippen LogP contribution >= 0.6 is 0 Å². The topological polar surface area (TPSA) is 52.6 Å². The molecule has 0 atom stereocenters. The highest BCUT2D eigenvalue weighted by Crippen LogP contribution is 2.74. The largest absolute Gasteiger partial charge is 0.462 e. The Balaban J connectivity index is 1.38. The second-order valence-corrected chi connectivity index (χ2v) is 13.7. The molecule has 4 aromatic carbocycles. The predicted octanol–water partition coefficient (Wildman–Crippen LogP) is 10.0. The van der Waals surface area contributed by atoms with E-state index in [1.165, 1.54) is 71.9 Å². The molecule has 0 saturated heterocycles. The van der Waals surface area contributed by atoms with Gasteiger partial charge < -0.3 is 9.47 Å². The Morgan fingerprint density at radius 1 is 0.556 bits per heavy atom. The van der Waals surface area contributed by atoms with Gasteiger partial charge in [0.25, 0.3) is 0 Å². The fraction of sp³-hybridized carbons (Fsp3) is 0.366. The molecule has 3 aliphatic rings. The number of carbonyl (C=O) groups excluding carboxylic acids is 2. The van der Waals surface area contributed by atoms with Crippen LogP contribution in [0.3, 0.4) is 0 Å². The van der Waals surface area contributed by atoms with Gasteiger partial charge in [-0.3, -0.25) is 0 Å². The Bertz CT molecular complexity index is 1640. The molecule has 7 rings (SSSR count). The van der Waals surface area contributed by atoms with Gasteiger partial charge in [-0.25, -0.2) is 9.59 Å². The molecule has 0 heterocycles. The summed E-state index contributed by atoms with van der Waals surface area (Å²) in [6.45, 7) is 9.51. The van der Waals surface area contributed by atoms with E-state index in [4.69, 9.17) is 9.47 Å². The molecular weight excluding hydrogens is 556 g/mol. The first-order valence-corrected chi connectivity index (χ1v) is 16.6. The van der Waals surface area contributed by atoms with E-state index >= 15 is 0 Å². The number of hydrogen-bond acceptors (Lipinski definition) is 4. The summed E-state index contributed by atoms with van der Waals surface area (Å²) in [6, 6.07) is 29.8. The molecule has 2 bridgehead atoms. The molecule has 0 radical (unpaired) electrons. The van der Waals surface area contributed by atoms with Crippen LogP contribution in [0.15, 0.2) is 84.9 Å². The molecule has 0 aliphatic heterocycles. The summed E-state index contributed by atoms with van der Waals surface area (Å²) in [4.78, 5) is 24.6. The minimum atomic E-state index is -0.283. The normalized spacial score (nSPS) is 22.4. The van der Waals surface area contributed by atoms with Crippen molar-refractivity contribution in [2.24, 2.45) is 10.8 Å². The smallest absolute Gasteiger partial charge is 0.338 e. The quantitative estimate of drug-likeness (QED) is 0.207. The van der Waals surface area contributed by atoms with Gasteiger partial charge >= 0.3 is 11.9 Å². The molecule has 3 aliphatic carbocycles. The standard InChI is InChI=1S/C41H42O4/c1-5-44-37(42)29-13-9-27(10-14-29)31-17-19-33-34-20-18-32(28-11-15-30(16-12-28)38(43)45-6-2)26-36(34)41(35(33)25-31)39(3)21-7-23-40(41,4)24-8-22-39/h9-20,25-26H,5-8,21-24H2,1-4H3. The molecule has 4 heteroatoms. The number of hydrogen-bond donors (Lipinski definition) is 0. The lowest BCUT2D eigenvalue weighted by atomic mass is 9.38. The zero-order valence-electron chi connectivity index (χ0n) is 26.9. The lowest BCUT2D eigenvalue weighted by Gasteiger charge is -2.65. The fourth-order valence-electron chi connectivity index (χ4n) is 9.48. The average molecular weight is 599 g/mol. The first-order chi connectivity index (χ1) is 21.7. The minimum absolute atomic E-state index is 0.108. The molecule has 0 N–H and O–H groups in total. The summed E-state index contributed by atoms with van der Waals surface area (Å²) >= 11 is 0. The number of benzene rings is 4. The van der Waals surface area contributed by atoms with Gasteiger partial charge in [-0.05, 0) is 131 Å². The monoisotopic (exact) mass is 598 g/mol. The Morgan fingerprint density at radius 3 is 1.27 bits per heavy atom. The van der Waals surface area contributed by atoms with Crippen LogP contribution in [0, 0.1) is 10.8 Å². The molecule has 230 valence electrons.